The Bertz CT molecular complexity index is 559. The molecule has 2 aromatic heterocycles. The third kappa shape index (κ3) is 2.40. The predicted molar refractivity (Wildman–Crippen MR) is 66.1 cm³/mol. The van der Waals surface area contributed by atoms with Crippen LogP contribution in [0.25, 0.3) is 11.3 Å². The highest BCUT2D eigenvalue weighted by atomic mass is 16.6. The summed E-state index contributed by atoms with van der Waals surface area (Å²) in [7, 11) is 0. The normalized spacial score (nSPS) is 10.1. The summed E-state index contributed by atoms with van der Waals surface area (Å²) in [4.78, 5) is 22.4. The van der Waals surface area contributed by atoms with Gasteiger partial charge in [0, 0.05) is 24.5 Å². The fourth-order valence-corrected chi connectivity index (χ4v) is 1.47. The van der Waals surface area contributed by atoms with Crippen LogP contribution in [0.1, 0.15) is 6.92 Å². The molecule has 0 radical (unpaired) electrons. The van der Waals surface area contributed by atoms with Gasteiger partial charge in [-0.05, 0) is 19.1 Å². The van der Waals surface area contributed by atoms with Gasteiger partial charge in [-0.15, -0.1) is 0 Å². The Hall–Kier alpha value is -2.57. The Morgan fingerprint density at radius 3 is 2.72 bits per heavy atom. The van der Waals surface area contributed by atoms with Gasteiger partial charge in [0.1, 0.15) is 6.20 Å². The summed E-state index contributed by atoms with van der Waals surface area (Å²) >= 11 is 0. The van der Waals surface area contributed by atoms with Gasteiger partial charge in [0.2, 0.25) is 5.95 Å². The monoisotopic (exact) mass is 245 g/mol. The lowest BCUT2D eigenvalue weighted by atomic mass is 10.2. The highest BCUT2D eigenvalue weighted by Crippen LogP contribution is 2.27. The molecule has 92 valence electrons. The molecule has 1 N–H and O–H groups in total. The maximum Gasteiger partial charge on any atom is 0.313 e. The zero-order valence-corrected chi connectivity index (χ0v) is 9.70. The summed E-state index contributed by atoms with van der Waals surface area (Å²) in [5.74, 6) is 0.370. The summed E-state index contributed by atoms with van der Waals surface area (Å²) < 4.78 is 0. The van der Waals surface area contributed by atoms with E-state index in [0.29, 0.717) is 18.1 Å². The van der Waals surface area contributed by atoms with E-state index in [9.17, 15) is 10.1 Å². The SMILES string of the molecule is CCNc1ncc([N+](=O)[O-])c(-c2ccncc2)n1. The summed E-state index contributed by atoms with van der Waals surface area (Å²) in [6.07, 6.45) is 4.34. The van der Waals surface area contributed by atoms with Gasteiger partial charge in [-0.25, -0.2) is 9.97 Å². The van der Waals surface area contributed by atoms with Crippen LogP contribution in [0.2, 0.25) is 0 Å². The van der Waals surface area contributed by atoms with E-state index < -0.39 is 4.92 Å². The molecule has 18 heavy (non-hydrogen) atoms. The molecule has 7 nitrogen and oxygen atoms in total. The molecule has 0 bridgehead atoms. The summed E-state index contributed by atoms with van der Waals surface area (Å²) in [5.41, 5.74) is 0.800. The Morgan fingerprint density at radius 1 is 1.39 bits per heavy atom. The number of nitrogens with one attached hydrogen (secondary N) is 1. The topological polar surface area (TPSA) is 93.8 Å². The fraction of sp³-hybridized carbons (Fsp3) is 0.182. The maximum atomic E-state index is 11.0. The van der Waals surface area contributed by atoms with Crippen molar-refractivity contribution >= 4 is 11.6 Å². The van der Waals surface area contributed by atoms with Crippen molar-refractivity contribution in [3.05, 3.63) is 40.8 Å². The molecule has 2 rings (SSSR count). The molecule has 0 saturated heterocycles. The van der Waals surface area contributed by atoms with Gasteiger partial charge in [-0.3, -0.25) is 15.1 Å². The minimum Gasteiger partial charge on any atom is -0.354 e. The van der Waals surface area contributed by atoms with Crippen LogP contribution in [0.5, 0.6) is 0 Å². The zero-order valence-electron chi connectivity index (χ0n) is 9.70. The van der Waals surface area contributed by atoms with Crippen LogP contribution < -0.4 is 5.32 Å². The molecule has 0 aromatic carbocycles. The molecule has 0 aliphatic heterocycles. The average molecular weight is 245 g/mol. The Kier molecular flexibility index (Phi) is 3.42. The van der Waals surface area contributed by atoms with Gasteiger partial charge >= 0.3 is 5.69 Å². The number of hydrogen-bond acceptors (Lipinski definition) is 6. The summed E-state index contributed by atoms with van der Waals surface area (Å²) in [6, 6.07) is 3.34. The highest BCUT2D eigenvalue weighted by molar-refractivity contribution is 5.69. The lowest BCUT2D eigenvalue weighted by Gasteiger charge is -2.05. The van der Waals surface area contributed by atoms with Crippen LogP contribution in [0.15, 0.2) is 30.7 Å². The third-order valence-corrected chi connectivity index (χ3v) is 2.25. The van der Waals surface area contributed by atoms with E-state index in [-0.39, 0.29) is 11.4 Å². The van der Waals surface area contributed by atoms with E-state index in [0.717, 1.165) is 0 Å². The van der Waals surface area contributed by atoms with Gasteiger partial charge in [0.05, 0.1) is 4.92 Å². The van der Waals surface area contributed by atoms with Crippen molar-refractivity contribution in [1.82, 2.24) is 15.0 Å². The molecule has 7 heteroatoms. The molecule has 0 saturated carbocycles. The molecule has 0 amide bonds. The minimum atomic E-state index is -0.495. The van der Waals surface area contributed by atoms with E-state index in [1.54, 1.807) is 24.5 Å². The molecule has 0 aliphatic carbocycles. The average Bonchev–Trinajstić information content (AvgIpc) is 2.40. The molecule has 2 aromatic rings. The van der Waals surface area contributed by atoms with Crippen LogP contribution in [0.3, 0.4) is 0 Å². The molecule has 0 aliphatic rings. The summed E-state index contributed by atoms with van der Waals surface area (Å²) in [6.45, 7) is 2.55. The minimum absolute atomic E-state index is 0.122. The Labute approximate surface area is 103 Å². The van der Waals surface area contributed by atoms with Crippen LogP contribution >= 0.6 is 0 Å². The first-order valence-corrected chi connectivity index (χ1v) is 5.38. The van der Waals surface area contributed by atoms with Crippen molar-refractivity contribution in [3.8, 4) is 11.3 Å². The van der Waals surface area contributed by atoms with E-state index >= 15 is 0 Å². The van der Waals surface area contributed by atoms with Crippen molar-refractivity contribution in [2.75, 3.05) is 11.9 Å². The Morgan fingerprint density at radius 2 is 2.11 bits per heavy atom. The van der Waals surface area contributed by atoms with Crippen molar-refractivity contribution in [2.45, 2.75) is 6.92 Å². The molecule has 0 fully saturated rings. The fourth-order valence-electron chi connectivity index (χ4n) is 1.47. The number of rotatable bonds is 4. The maximum absolute atomic E-state index is 11.0. The van der Waals surface area contributed by atoms with Crippen molar-refractivity contribution in [1.29, 1.82) is 0 Å². The highest BCUT2D eigenvalue weighted by Gasteiger charge is 2.18. The van der Waals surface area contributed by atoms with E-state index in [1.165, 1.54) is 6.20 Å². The van der Waals surface area contributed by atoms with Gasteiger partial charge < -0.3 is 5.32 Å². The summed E-state index contributed by atoms with van der Waals surface area (Å²) in [5, 5.41) is 13.9. The van der Waals surface area contributed by atoms with Crippen LogP contribution in [0, 0.1) is 10.1 Å². The molecular formula is C11H11N5O2. The first-order chi connectivity index (χ1) is 8.72. The first-order valence-electron chi connectivity index (χ1n) is 5.38. The van der Waals surface area contributed by atoms with Gasteiger partial charge in [0.25, 0.3) is 0 Å². The quantitative estimate of drug-likeness (QED) is 0.652. The Balaban J connectivity index is 2.54. The second-order valence-electron chi connectivity index (χ2n) is 3.45. The number of hydrogen-bond donors (Lipinski definition) is 1. The van der Waals surface area contributed by atoms with Crippen LogP contribution in [-0.2, 0) is 0 Å². The number of anilines is 1. The first kappa shape index (κ1) is 11.9. The second kappa shape index (κ2) is 5.17. The number of aromatic nitrogens is 3. The zero-order chi connectivity index (χ0) is 13.0. The molecule has 0 unspecified atom stereocenters. The van der Waals surface area contributed by atoms with Gasteiger partial charge in [0.15, 0.2) is 5.69 Å². The molecule has 2 heterocycles. The van der Waals surface area contributed by atoms with Gasteiger partial charge in [-0.2, -0.15) is 0 Å². The second-order valence-corrected chi connectivity index (χ2v) is 3.45. The number of pyridine rings is 1. The predicted octanol–water partition coefficient (Wildman–Crippen LogP) is 1.88. The largest absolute Gasteiger partial charge is 0.354 e. The van der Waals surface area contributed by atoms with Crippen LogP contribution in [-0.4, -0.2) is 26.4 Å². The van der Waals surface area contributed by atoms with E-state index in [2.05, 4.69) is 20.3 Å². The lowest BCUT2D eigenvalue weighted by Crippen LogP contribution is -2.04. The van der Waals surface area contributed by atoms with Crippen molar-refractivity contribution in [2.24, 2.45) is 0 Å². The third-order valence-electron chi connectivity index (χ3n) is 2.25. The van der Waals surface area contributed by atoms with Gasteiger partial charge in [-0.1, -0.05) is 0 Å². The molecule has 0 spiro atoms. The van der Waals surface area contributed by atoms with E-state index in [1.807, 2.05) is 6.92 Å². The van der Waals surface area contributed by atoms with Crippen molar-refractivity contribution < 1.29 is 4.92 Å². The smallest absolute Gasteiger partial charge is 0.313 e. The standard InChI is InChI=1S/C11H11N5O2/c1-2-13-11-14-7-9(16(17)18)10(15-11)8-3-5-12-6-4-8/h3-7H,2H2,1H3,(H,13,14,15). The van der Waals surface area contributed by atoms with Crippen molar-refractivity contribution in [3.63, 3.8) is 0 Å². The van der Waals surface area contributed by atoms with Crippen LogP contribution in [0.4, 0.5) is 11.6 Å². The van der Waals surface area contributed by atoms with E-state index in [4.69, 9.17) is 0 Å². The number of nitrogens with zero attached hydrogens (tertiary/aromatic N) is 4. The molecule has 0 atom stereocenters. The number of nitro groups is 1. The molecular weight excluding hydrogens is 234 g/mol. The lowest BCUT2D eigenvalue weighted by molar-refractivity contribution is -0.384.